The molecule has 24 heavy (non-hydrogen) atoms. The van der Waals surface area contributed by atoms with E-state index in [-0.39, 0.29) is 5.49 Å². The number of pyridine rings is 1. The third-order valence-electron chi connectivity index (χ3n) is 3.21. The zero-order valence-electron chi connectivity index (χ0n) is 12.3. The Balaban J connectivity index is 1.81. The van der Waals surface area contributed by atoms with Crippen LogP contribution in [0.1, 0.15) is 5.56 Å². The van der Waals surface area contributed by atoms with Crippen LogP contribution in [0.3, 0.4) is 0 Å². The molecule has 1 aromatic carbocycles. The van der Waals surface area contributed by atoms with Gasteiger partial charge in [-0.25, -0.2) is 0 Å². The molecule has 2 heterocycles. The fourth-order valence-electron chi connectivity index (χ4n) is 2.05. The first kappa shape index (κ1) is 16.8. The minimum atomic E-state index is -2.68. The Labute approximate surface area is 150 Å². The summed E-state index contributed by atoms with van der Waals surface area (Å²) >= 11 is 4.83. The molecular weight excluding hydrogens is 395 g/mol. The fraction of sp³-hybridized carbons (Fsp3) is 0. The van der Waals surface area contributed by atoms with E-state index in [2.05, 4.69) is 32.2 Å². The Kier molecular flexibility index (Phi) is 5.37. The molecule has 0 radical (unpaired) electrons. The molecule has 3 nitrogen and oxygen atoms in total. The maximum atomic E-state index is 13.0. The molecule has 0 saturated heterocycles. The van der Waals surface area contributed by atoms with E-state index in [9.17, 15) is 8.63 Å². The van der Waals surface area contributed by atoms with Crippen molar-refractivity contribution in [2.75, 3.05) is 0 Å². The van der Waals surface area contributed by atoms with Gasteiger partial charge in [0.15, 0.2) is 0 Å². The summed E-state index contributed by atoms with van der Waals surface area (Å²) < 4.78 is 27.2. The van der Waals surface area contributed by atoms with Gasteiger partial charge in [-0.2, -0.15) is 5.10 Å². The molecule has 120 valence electrons. The summed E-state index contributed by atoms with van der Waals surface area (Å²) in [7, 11) is -2.68. The molecule has 0 aliphatic carbocycles. The average molecular weight is 406 g/mol. The van der Waals surface area contributed by atoms with E-state index in [1.807, 2.05) is 35.7 Å². The molecule has 0 unspecified atom stereocenters. The molecule has 2 aromatic heterocycles. The Morgan fingerprint density at radius 1 is 1.08 bits per heavy atom. The van der Waals surface area contributed by atoms with Gasteiger partial charge in [0, 0.05) is 15.5 Å². The smallest absolute Gasteiger partial charge is 0.314 e. The molecule has 8 heteroatoms. The minimum Gasteiger partial charge on any atom is -0.314 e. The highest BCUT2D eigenvalue weighted by Gasteiger charge is 2.17. The monoisotopic (exact) mass is 405 g/mol. The summed E-state index contributed by atoms with van der Waals surface area (Å²) in [6.45, 7) is 0. The van der Waals surface area contributed by atoms with E-state index in [4.69, 9.17) is 0 Å². The highest BCUT2D eigenvalue weighted by atomic mass is 79.9. The maximum Gasteiger partial charge on any atom is 0.678 e. The minimum absolute atomic E-state index is 0.0830. The van der Waals surface area contributed by atoms with Crippen LogP contribution >= 0.6 is 27.3 Å². The summed E-state index contributed by atoms with van der Waals surface area (Å²) in [6.07, 6.45) is 2.81. The number of hydrogen-bond donors (Lipinski definition) is 0. The Hall–Kier alpha value is -2.06. The standard InChI is InChI=1S/C16H11BBrF2N3S/c18-14-7-8-16(23(11-14)17(19)20)22-21-10-12-3-5-13(6-4-12)15-2-1-9-24-15/h1-11H/b21-10+,22-16-. The maximum absolute atomic E-state index is 13.0. The second-order valence-electron chi connectivity index (χ2n) is 4.83. The van der Waals surface area contributed by atoms with Crippen LogP contribution in [-0.4, -0.2) is 18.1 Å². The molecule has 0 amide bonds. The van der Waals surface area contributed by atoms with E-state index >= 15 is 0 Å². The van der Waals surface area contributed by atoms with Crippen molar-refractivity contribution >= 4 is 40.9 Å². The highest BCUT2D eigenvalue weighted by Crippen LogP contribution is 2.24. The molecule has 0 aliphatic heterocycles. The lowest BCUT2D eigenvalue weighted by Gasteiger charge is -2.02. The first-order valence-electron chi connectivity index (χ1n) is 7.00. The van der Waals surface area contributed by atoms with Crippen LogP contribution in [0.4, 0.5) is 8.63 Å². The van der Waals surface area contributed by atoms with Gasteiger partial charge in [0.05, 0.1) is 6.21 Å². The van der Waals surface area contributed by atoms with Crippen molar-refractivity contribution in [1.82, 2.24) is 4.48 Å². The van der Waals surface area contributed by atoms with E-state index in [0.29, 0.717) is 4.47 Å². The third-order valence-corrected chi connectivity index (χ3v) is 4.60. The van der Waals surface area contributed by atoms with Crippen LogP contribution in [0.2, 0.25) is 0 Å². The van der Waals surface area contributed by atoms with Crippen molar-refractivity contribution in [2.45, 2.75) is 0 Å². The second-order valence-corrected chi connectivity index (χ2v) is 6.70. The first-order valence-corrected chi connectivity index (χ1v) is 8.67. The second kappa shape index (κ2) is 7.68. The van der Waals surface area contributed by atoms with E-state index in [1.165, 1.54) is 23.4 Å². The number of nitrogens with zero attached hydrogens (tertiary/aromatic N) is 3. The molecule has 0 saturated carbocycles. The van der Waals surface area contributed by atoms with Crippen molar-refractivity contribution in [3.63, 3.8) is 0 Å². The number of hydrogen-bond acceptors (Lipinski definition) is 3. The number of halogens is 3. The summed E-state index contributed by atoms with van der Waals surface area (Å²) in [4.78, 5) is 1.19. The molecule has 3 aromatic rings. The molecule has 0 spiro atoms. The van der Waals surface area contributed by atoms with Crippen LogP contribution in [0.5, 0.6) is 0 Å². The van der Waals surface area contributed by atoms with Crippen LogP contribution < -0.4 is 5.49 Å². The van der Waals surface area contributed by atoms with Gasteiger partial charge in [-0.05, 0) is 50.6 Å². The lowest BCUT2D eigenvalue weighted by atomic mass is 10.1. The van der Waals surface area contributed by atoms with E-state index in [0.717, 1.165) is 15.6 Å². The van der Waals surface area contributed by atoms with Gasteiger partial charge in [-0.3, -0.25) is 8.63 Å². The third kappa shape index (κ3) is 4.07. The lowest BCUT2D eigenvalue weighted by Crippen LogP contribution is -2.28. The van der Waals surface area contributed by atoms with Crippen molar-refractivity contribution in [2.24, 2.45) is 10.2 Å². The van der Waals surface area contributed by atoms with Gasteiger partial charge in [0.1, 0.15) is 5.49 Å². The fourth-order valence-corrected chi connectivity index (χ4v) is 3.14. The zero-order valence-corrected chi connectivity index (χ0v) is 14.7. The predicted octanol–water partition coefficient (Wildman–Crippen LogP) is 4.69. The Morgan fingerprint density at radius 2 is 1.88 bits per heavy atom. The highest BCUT2D eigenvalue weighted by molar-refractivity contribution is 9.10. The van der Waals surface area contributed by atoms with Crippen LogP contribution in [-0.2, 0) is 0 Å². The average Bonchev–Trinajstić information content (AvgIpc) is 3.11. The van der Waals surface area contributed by atoms with Gasteiger partial charge in [0.25, 0.3) is 0 Å². The number of thiophene rings is 1. The van der Waals surface area contributed by atoms with E-state index in [1.54, 1.807) is 17.4 Å². The quantitative estimate of drug-likeness (QED) is 0.342. The normalized spacial score (nSPS) is 12.0. The number of benzene rings is 1. The molecular formula is C16H11BBrF2N3S. The van der Waals surface area contributed by atoms with Gasteiger partial charge >= 0.3 is 7.40 Å². The van der Waals surface area contributed by atoms with Crippen LogP contribution in [0, 0.1) is 0 Å². The first-order chi connectivity index (χ1) is 11.6. The SMILES string of the molecule is FB(F)n1cc(Br)cc/c1=N/N=C/c1ccc(-c2cccs2)cc1. The summed E-state index contributed by atoms with van der Waals surface area (Å²) in [5, 5.41) is 9.81. The topological polar surface area (TPSA) is 29.6 Å². The van der Waals surface area contributed by atoms with Crippen molar-refractivity contribution in [3.8, 4) is 10.4 Å². The summed E-state index contributed by atoms with van der Waals surface area (Å²) in [5.74, 6) is 0. The molecule has 0 fully saturated rings. The van der Waals surface area contributed by atoms with Crippen molar-refractivity contribution < 1.29 is 8.63 Å². The van der Waals surface area contributed by atoms with Crippen molar-refractivity contribution in [3.05, 3.63) is 75.6 Å². The molecule has 0 bridgehead atoms. The van der Waals surface area contributed by atoms with Gasteiger partial charge in [-0.15, -0.1) is 16.4 Å². The largest absolute Gasteiger partial charge is 0.678 e. The predicted molar refractivity (Wildman–Crippen MR) is 98.4 cm³/mol. The zero-order chi connectivity index (χ0) is 16.9. The van der Waals surface area contributed by atoms with Gasteiger partial charge < -0.3 is 4.48 Å². The molecule has 0 aliphatic rings. The Morgan fingerprint density at radius 3 is 2.54 bits per heavy atom. The molecule has 0 atom stereocenters. The number of rotatable bonds is 4. The van der Waals surface area contributed by atoms with Gasteiger partial charge in [-0.1, -0.05) is 30.3 Å². The molecule has 3 rings (SSSR count). The summed E-state index contributed by atoms with van der Waals surface area (Å²) in [6, 6.07) is 15.0. The van der Waals surface area contributed by atoms with E-state index < -0.39 is 7.40 Å². The van der Waals surface area contributed by atoms with Crippen LogP contribution in [0.15, 0.2) is 74.8 Å². The van der Waals surface area contributed by atoms with Crippen molar-refractivity contribution in [1.29, 1.82) is 0 Å². The Bertz CT molecular complexity index is 906. The van der Waals surface area contributed by atoms with Crippen LogP contribution in [0.25, 0.3) is 10.4 Å². The molecule has 0 N–H and O–H groups in total. The van der Waals surface area contributed by atoms with Gasteiger partial charge in [0.2, 0.25) is 0 Å². The number of aromatic nitrogens is 1. The summed E-state index contributed by atoms with van der Waals surface area (Å²) in [5.41, 5.74) is 2.06. The lowest BCUT2D eigenvalue weighted by molar-refractivity contribution is 0.618.